The Bertz CT molecular complexity index is 1660. The summed E-state index contributed by atoms with van der Waals surface area (Å²) in [5.74, 6) is 2.72. The van der Waals surface area contributed by atoms with Gasteiger partial charge in [-0.05, 0) is 102 Å². The van der Waals surface area contributed by atoms with Gasteiger partial charge in [0.25, 0.3) is 0 Å². The number of aromatic nitrogens is 4. The van der Waals surface area contributed by atoms with Crippen molar-refractivity contribution in [2.45, 2.75) is 64.1 Å². The number of nitrogens with two attached hydrogens (primary N) is 1. The summed E-state index contributed by atoms with van der Waals surface area (Å²) in [7, 11) is 0. The highest BCUT2D eigenvalue weighted by Gasteiger charge is 2.38. The predicted molar refractivity (Wildman–Crippen MR) is 182 cm³/mol. The molecule has 11 nitrogen and oxygen atoms in total. The second-order valence-electron chi connectivity index (χ2n) is 14.2. The summed E-state index contributed by atoms with van der Waals surface area (Å²) in [4.78, 5) is 28.3. The van der Waals surface area contributed by atoms with Crippen molar-refractivity contribution in [3.05, 3.63) is 60.9 Å². The van der Waals surface area contributed by atoms with E-state index >= 15 is 0 Å². The number of fused-ring (bicyclic) bond motifs is 1. The van der Waals surface area contributed by atoms with Crippen LogP contribution in [0, 0.1) is 5.92 Å². The van der Waals surface area contributed by atoms with Crippen LogP contribution >= 0.6 is 0 Å². The molecule has 0 bridgehead atoms. The fraction of sp³-hybridized carbons (Fsp3) is 0.500. The molecule has 0 aliphatic carbocycles. The summed E-state index contributed by atoms with van der Waals surface area (Å²) in [6.45, 7) is 12.8. The minimum absolute atomic E-state index is 0.189. The molecule has 11 heteroatoms. The number of benzene rings is 2. The molecule has 3 aliphatic heterocycles. The number of rotatable bonds is 7. The standard InChI is InChI=1S/C36H46N8O3/c1-36(2,3)47-35(45)43-22-28(23-43)42-19-13-25(14-20-42)21-41-17-15-27(16-18-41)44-34-31(33(37)38-24-39-34)32(40-44)26-9-11-30(12-10-26)46-29-7-5-4-6-8-29/h4-12,24-25,27-28H,13-23H2,1-3H3,(H2,37,38,39). The summed E-state index contributed by atoms with van der Waals surface area (Å²) >= 11 is 0. The van der Waals surface area contributed by atoms with E-state index in [0.29, 0.717) is 17.8 Å². The monoisotopic (exact) mass is 638 g/mol. The SMILES string of the molecule is CC(C)(C)OC(=O)N1CC(N2CCC(CN3CCC(n4nc(-c5ccc(Oc6ccccc6)cc5)c5c(N)ncnc54)CC3)CC2)C1. The van der Waals surface area contributed by atoms with Gasteiger partial charge in [-0.2, -0.15) is 5.10 Å². The second-order valence-corrected chi connectivity index (χ2v) is 14.2. The molecule has 2 aromatic heterocycles. The molecular weight excluding hydrogens is 592 g/mol. The van der Waals surface area contributed by atoms with E-state index in [1.165, 1.54) is 19.2 Å². The molecule has 248 valence electrons. The quantitative estimate of drug-likeness (QED) is 0.267. The Balaban J connectivity index is 0.930. The molecular formula is C36H46N8O3. The topological polar surface area (TPSA) is 115 Å². The van der Waals surface area contributed by atoms with Gasteiger partial charge in [-0.25, -0.2) is 19.4 Å². The number of ether oxygens (including phenoxy) is 2. The zero-order valence-corrected chi connectivity index (χ0v) is 27.7. The lowest BCUT2D eigenvalue weighted by molar-refractivity contribution is -0.0229. The van der Waals surface area contributed by atoms with Gasteiger partial charge in [0, 0.05) is 44.3 Å². The first kappa shape index (κ1) is 31.4. The molecule has 3 fully saturated rings. The first-order chi connectivity index (χ1) is 22.7. The zero-order valence-electron chi connectivity index (χ0n) is 27.7. The van der Waals surface area contributed by atoms with E-state index in [1.807, 2.05) is 80.3 Å². The minimum Gasteiger partial charge on any atom is -0.457 e. The van der Waals surface area contributed by atoms with Gasteiger partial charge >= 0.3 is 6.09 Å². The Kier molecular flexibility index (Phi) is 8.76. The fourth-order valence-corrected chi connectivity index (χ4v) is 7.13. The van der Waals surface area contributed by atoms with E-state index in [-0.39, 0.29) is 12.1 Å². The molecule has 5 heterocycles. The van der Waals surface area contributed by atoms with Crippen LogP contribution in [0.5, 0.6) is 11.5 Å². The number of nitrogens with zero attached hydrogens (tertiary/aromatic N) is 7. The molecule has 0 unspecified atom stereocenters. The zero-order chi connectivity index (χ0) is 32.5. The number of piperidine rings is 2. The number of anilines is 1. The molecule has 4 aromatic rings. The predicted octanol–water partition coefficient (Wildman–Crippen LogP) is 5.84. The van der Waals surface area contributed by atoms with Gasteiger partial charge in [0.05, 0.1) is 11.4 Å². The molecule has 7 rings (SSSR count). The van der Waals surface area contributed by atoms with E-state index < -0.39 is 5.60 Å². The van der Waals surface area contributed by atoms with E-state index in [4.69, 9.17) is 20.3 Å². The Labute approximate surface area is 276 Å². The number of amides is 1. The van der Waals surface area contributed by atoms with Crippen molar-refractivity contribution in [2.75, 3.05) is 51.5 Å². The number of likely N-dealkylation sites (tertiary alicyclic amines) is 3. The number of carbonyl (C=O) groups excluding carboxylic acids is 1. The van der Waals surface area contributed by atoms with Crippen LogP contribution in [0.1, 0.15) is 52.5 Å². The Hall–Kier alpha value is -4.22. The average molecular weight is 639 g/mol. The third-order valence-corrected chi connectivity index (χ3v) is 9.72. The molecule has 2 aromatic carbocycles. The lowest BCUT2D eigenvalue weighted by Crippen LogP contribution is -2.62. The molecule has 1 amide bonds. The molecule has 47 heavy (non-hydrogen) atoms. The summed E-state index contributed by atoms with van der Waals surface area (Å²) in [6, 6.07) is 18.4. The van der Waals surface area contributed by atoms with Crippen molar-refractivity contribution < 1.29 is 14.3 Å². The Morgan fingerprint density at radius 2 is 1.55 bits per heavy atom. The highest BCUT2D eigenvalue weighted by atomic mass is 16.6. The van der Waals surface area contributed by atoms with Gasteiger partial charge in [-0.3, -0.25) is 4.90 Å². The minimum atomic E-state index is -0.446. The van der Waals surface area contributed by atoms with Crippen LogP contribution in [0.2, 0.25) is 0 Å². The third-order valence-electron chi connectivity index (χ3n) is 9.72. The number of hydrogen-bond acceptors (Lipinski definition) is 9. The van der Waals surface area contributed by atoms with Crippen LogP contribution in [-0.4, -0.2) is 98.0 Å². The Morgan fingerprint density at radius 1 is 0.872 bits per heavy atom. The average Bonchev–Trinajstić information content (AvgIpc) is 3.43. The normalized spacial score (nSPS) is 19.2. The van der Waals surface area contributed by atoms with Gasteiger partial charge in [-0.1, -0.05) is 18.2 Å². The van der Waals surface area contributed by atoms with Gasteiger partial charge < -0.3 is 25.0 Å². The van der Waals surface area contributed by atoms with Crippen molar-refractivity contribution in [1.82, 2.24) is 34.4 Å². The van der Waals surface area contributed by atoms with Crippen LogP contribution in [0.25, 0.3) is 22.3 Å². The van der Waals surface area contributed by atoms with Crippen LogP contribution in [0.15, 0.2) is 60.9 Å². The van der Waals surface area contributed by atoms with E-state index in [9.17, 15) is 4.79 Å². The van der Waals surface area contributed by atoms with E-state index in [2.05, 4.69) is 24.4 Å². The van der Waals surface area contributed by atoms with Gasteiger partial charge in [-0.15, -0.1) is 0 Å². The van der Waals surface area contributed by atoms with E-state index in [0.717, 1.165) is 92.4 Å². The van der Waals surface area contributed by atoms with Crippen LogP contribution in [0.3, 0.4) is 0 Å². The highest BCUT2D eigenvalue weighted by molar-refractivity contribution is 5.98. The fourth-order valence-electron chi connectivity index (χ4n) is 7.13. The van der Waals surface area contributed by atoms with Gasteiger partial charge in [0.15, 0.2) is 5.65 Å². The van der Waals surface area contributed by atoms with Gasteiger partial charge in [0.1, 0.15) is 34.9 Å². The first-order valence-corrected chi connectivity index (χ1v) is 17.0. The second kappa shape index (κ2) is 13.1. The number of carbonyl (C=O) groups is 1. The lowest BCUT2D eigenvalue weighted by Gasteiger charge is -2.48. The van der Waals surface area contributed by atoms with Crippen molar-refractivity contribution in [2.24, 2.45) is 5.92 Å². The highest BCUT2D eigenvalue weighted by Crippen LogP contribution is 2.35. The molecule has 0 spiro atoms. The van der Waals surface area contributed by atoms with Crippen molar-refractivity contribution in [3.8, 4) is 22.8 Å². The molecule has 0 atom stereocenters. The largest absolute Gasteiger partial charge is 0.457 e. The maximum atomic E-state index is 12.3. The van der Waals surface area contributed by atoms with Crippen LogP contribution in [-0.2, 0) is 4.74 Å². The molecule has 0 radical (unpaired) electrons. The van der Waals surface area contributed by atoms with Crippen LogP contribution in [0.4, 0.5) is 10.6 Å². The first-order valence-electron chi connectivity index (χ1n) is 17.0. The summed E-state index contributed by atoms with van der Waals surface area (Å²) < 4.78 is 13.6. The van der Waals surface area contributed by atoms with Crippen molar-refractivity contribution in [1.29, 1.82) is 0 Å². The lowest BCUT2D eigenvalue weighted by atomic mass is 9.93. The molecule has 3 aliphatic rings. The maximum Gasteiger partial charge on any atom is 0.410 e. The van der Waals surface area contributed by atoms with E-state index in [1.54, 1.807) is 0 Å². The van der Waals surface area contributed by atoms with Gasteiger partial charge in [0.2, 0.25) is 0 Å². The summed E-state index contributed by atoms with van der Waals surface area (Å²) in [5, 5.41) is 5.91. The smallest absolute Gasteiger partial charge is 0.410 e. The molecule has 2 N–H and O–H groups in total. The summed E-state index contributed by atoms with van der Waals surface area (Å²) in [5.41, 5.74) is 8.53. The van der Waals surface area contributed by atoms with Crippen molar-refractivity contribution in [3.63, 3.8) is 0 Å². The van der Waals surface area contributed by atoms with Crippen molar-refractivity contribution >= 4 is 22.9 Å². The molecule has 0 saturated carbocycles. The maximum absolute atomic E-state index is 12.3. The number of nitrogen functional groups attached to an aromatic ring is 1. The molecule has 3 saturated heterocycles. The Morgan fingerprint density at radius 3 is 2.23 bits per heavy atom. The number of para-hydroxylation sites is 1. The number of hydrogen-bond donors (Lipinski definition) is 1. The third kappa shape index (κ3) is 7.06. The van der Waals surface area contributed by atoms with Crippen LogP contribution < -0.4 is 10.5 Å². The summed E-state index contributed by atoms with van der Waals surface area (Å²) in [6.07, 6.45) is 5.81.